The number of fused-ring (bicyclic) bond motifs is 1. The van der Waals surface area contributed by atoms with Crippen LogP contribution in [-0.2, 0) is 10.2 Å². The van der Waals surface area contributed by atoms with E-state index in [4.69, 9.17) is 4.74 Å². The molecule has 18 heavy (non-hydrogen) atoms. The largest absolute Gasteiger partial charge is 0.462 e. The van der Waals surface area contributed by atoms with Crippen molar-refractivity contribution in [2.45, 2.75) is 33.1 Å². The van der Waals surface area contributed by atoms with E-state index in [0.29, 0.717) is 17.8 Å². The fourth-order valence-corrected chi connectivity index (χ4v) is 1.74. The Hall–Kier alpha value is -1.84. The molecule has 2 rings (SSSR count). The maximum absolute atomic E-state index is 11.8. The molecular formula is C14H18N2O2. The number of carbonyl (C=O) groups is 1. The standard InChI is InChI=1S/C14H18N2O2/c1-5-18-13(17)10-7-6-8-16-9-11(14(2,3)4)15-12(10)16/h6-9H,5H2,1-4H3. The number of ether oxygens (including phenoxy) is 1. The Morgan fingerprint density at radius 1 is 1.44 bits per heavy atom. The van der Waals surface area contributed by atoms with Gasteiger partial charge in [-0.05, 0) is 19.1 Å². The Balaban J connectivity index is 2.56. The van der Waals surface area contributed by atoms with Crippen molar-refractivity contribution in [2.75, 3.05) is 6.61 Å². The molecule has 0 bridgehead atoms. The van der Waals surface area contributed by atoms with Crippen LogP contribution in [0.3, 0.4) is 0 Å². The quantitative estimate of drug-likeness (QED) is 0.765. The van der Waals surface area contributed by atoms with Gasteiger partial charge in [0.15, 0.2) is 5.65 Å². The lowest BCUT2D eigenvalue weighted by Gasteiger charge is -2.13. The first-order chi connectivity index (χ1) is 8.43. The lowest BCUT2D eigenvalue weighted by molar-refractivity contribution is 0.0528. The van der Waals surface area contributed by atoms with E-state index in [1.54, 1.807) is 13.0 Å². The normalized spacial score (nSPS) is 11.8. The predicted octanol–water partition coefficient (Wildman–Crippen LogP) is 2.81. The molecule has 4 heteroatoms. The van der Waals surface area contributed by atoms with Crippen LogP contribution in [0.5, 0.6) is 0 Å². The van der Waals surface area contributed by atoms with Gasteiger partial charge in [-0.2, -0.15) is 0 Å². The fraction of sp³-hybridized carbons (Fsp3) is 0.429. The van der Waals surface area contributed by atoms with Crippen LogP contribution in [0.1, 0.15) is 43.7 Å². The molecule has 2 aromatic heterocycles. The van der Waals surface area contributed by atoms with E-state index in [-0.39, 0.29) is 11.4 Å². The van der Waals surface area contributed by atoms with Gasteiger partial charge in [-0.3, -0.25) is 0 Å². The summed E-state index contributed by atoms with van der Waals surface area (Å²) in [5.41, 5.74) is 2.08. The Bertz CT molecular complexity index is 579. The predicted molar refractivity (Wildman–Crippen MR) is 69.8 cm³/mol. The minimum absolute atomic E-state index is 0.0437. The van der Waals surface area contributed by atoms with E-state index in [1.807, 2.05) is 22.9 Å². The van der Waals surface area contributed by atoms with E-state index in [1.165, 1.54) is 0 Å². The highest BCUT2D eigenvalue weighted by atomic mass is 16.5. The number of esters is 1. The van der Waals surface area contributed by atoms with E-state index in [0.717, 1.165) is 5.69 Å². The molecule has 0 saturated heterocycles. The van der Waals surface area contributed by atoms with Crippen LogP contribution in [0.4, 0.5) is 0 Å². The first-order valence-corrected chi connectivity index (χ1v) is 6.09. The molecule has 0 spiro atoms. The topological polar surface area (TPSA) is 43.6 Å². The summed E-state index contributed by atoms with van der Waals surface area (Å²) in [5, 5.41) is 0. The molecular weight excluding hydrogens is 228 g/mol. The summed E-state index contributed by atoms with van der Waals surface area (Å²) < 4.78 is 6.91. The minimum atomic E-state index is -0.325. The maximum Gasteiger partial charge on any atom is 0.341 e. The number of hydrogen-bond donors (Lipinski definition) is 0. The molecule has 96 valence electrons. The third-order valence-electron chi connectivity index (χ3n) is 2.75. The van der Waals surface area contributed by atoms with E-state index in [9.17, 15) is 4.79 Å². The average molecular weight is 246 g/mol. The molecule has 2 heterocycles. The van der Waals surface area contributed by atoms with Gasteiger partial charge >= 0.3 is 5.97 Å². The minimum Gasteiger partial charge on any atom is -0.462 e. The smallest absolute Gasteiger partial charge is 0.341 e. The lowest BCUT2D eigenvalue weighted by Crippen LogP contribution is -2.11. The number of nitrogens with zero attached hydrogens (tertiary/aromatic N) is 2. The second-order valence-electron chi connectivity index (χ2n) is 5.25. The molecule has 0 aliphatic carbocycles. The fourth-order valence-electron chi connectivity index (χ4n) is 1.74. The van der Waals surface area contributed by atoms with Crippen LogP contribution in [0.25, 0.3) is 5.65 Å². The van der Waals surface area contributed by atoms with Crippen molar-refractivity contribution in [3.63, 3.8) is 0 Å². The summed E-state index contributed by atoms with van der Waals surface area (Å²) in [6, 6.07) is 3.57. The first kappa shape index (κ1) is 12.6. The highest BCUT2D eigenvalue weighted by Crippen LogP contribution is 2.23. The summed E-state index contributed by atoms with van der Waals surface area (Å²) >= 11 is 0. The molecule has 2 aromatic rings. The van der Waals surface area contributed by atoms with Gasteiger partial charge in [0.2, 0.25) is 0 Å². The Kier molecular flexibility index (Phi) is 3.11. The van der Waals surface area contributed by atoms with Crippen LogP contribution in [-0.4, -0.2) is 22.0 Å². The third kappa shape index (κ3) is 2.23. The highest BCUT2D eigenvalue weighted by molar-refractivity contribution is 5.95. The zero-order chi connectivity index (χ0) is 13.3. The molecule has 4 nitrogen and oxygen atoms in total. The second kappa shape index (κ2) is 4.44. The van der Waals surface area contributed by atoms with Gasteiger partial charge in [-0.15, -0.1) is 0 Å². The molecule has 0 fully saturated rings. The van der Waals surface area contributed by atoms with Crippen LogP contribution in [0.15, 0.2) is 24.5 Å². The molecule has 0 aromatic carbocycles. The second-order valence-corrected chi connectivity index (χ2v) is 5.25. The summed E-state index contributed by atoms with van der Waals surface area (Å²) in [5.74, 6) is -0.325. The molecule has 0 aliphatic rings. The van der Waals surface area contributed by atoms with Crippen LogP contribution in [0, 0.1) is 0 Å². The van der Waals surface area contributed by atoms with E-state index < -0.39 is 0 Å². The van der Waals surface area contributed by atoms with Crippen molar-refractivity contribution in [3.05, 3.63) is 35.8 Å². The van der Waals surface area contributed by atoms with Crippen molar-refractivity contribution in [1.82, 2.24) is 9.38 Å². The lowest BCUT2D eigenvalue weighted by atomic mass is 9.93. The van der Waals surface area contributed by atoms with Crippen LogP contribution < -0.4 is 0 Å². The third-order valence-corrected chi connectivity index (χ3v) is 2.75. The summed E-state index contributed by atoms with van der Waals surface area (Å²) in [4.78, 5) is 16.4. The Morgan fingerprint density at radius 2 is 2.17 bits per heavy atom. The maximum atomic E-state index is 11.8. The number of imidazole rings is 1. The van der Waals surface area contributed by atoms with Gasteiger partial charge in [0.25, 0.3) is 0 Å². The zero-order valence-corrected chi connectivity index (χ0v) is 11.2. The molecule has 0 amide bonds. The molecule has 0 radical (unpaired) electrons. The van der Waals surface area contributed by atoms with Crippen molar-refractivity contribution in [3.8, 4) is 0 Å². The van der Waals surface area contributed by atoms with Crippen LogP contribution >= 0.6 is 0 Å². The SMILES string of the molecule is CCOC(=O)c1cccn2cc(C(C)(C)C)nc12. The summed E-state index contributed by atoms with van der Waals surface area (Å²) in [6.07, 6.45) is 3.85. The van der Waals surface area contributed by atoms with Crippen LogP contribution in [0.2, 0.25) is 0 Å². The zero-order valence-electron chi connectivity index (χ0n) is 11.2. The number of rotatable bonds is 2. The van der Waals surface area contributed by atoms with Gasteiger partial charge in [-0.1, -0.05) is 20.8 Å². The van der Waals surface area contributed by atoms with E-state index >= 15 is 0 Å². The number of aromatic nitrogens is 2. The van der Waals surface area contributed by atoms with Crippen molar-refractivity contribution < 1.29 is 9.53 Å². The number of hydrogen-bond acceptors (Lipinski definition) is 3. The molecule has 0 atom stereocenters. The number of pyridine rings is 1. The highest BCUT2D eigenvalue weighted by Gasteiger charge is 2.20. The molecule has 0 saturated carbocycles. The van der Waals surface area contributed by atoms with Gasteiger partial charge in [0, 0.05) is 17.8 Å². The van der Waals surface area contributed by atoms with Gasteiger partial charge in [0.05, 0.1) is 12.3 Å². The number of carbonyl (C=O) groups excluding carboxylic acids is 1. The van der Waals surface area contributed by atoms with Gasteiger partial charge in [0.1, 0.15) is 5.56 Å². The average Bonchev–Trinajstić information content (AvgIpc) is 2.72. The van der Waals surface area contributed by atoms with Gasteiger partial charge in [-0.25, -0.2) is 9.78 Å². The summed E-state index contributed by atoms with van der Waals surface area (Å²) in [7, 11) is 0. The molecule has 0 N–H and O–H groups in total. The molecule has 0 unspecified atom stereocenters. The van der Waals surface area contributed by atoms with Crippen molar-refractivity contribution in [2.24, 2.45) is 0 Å². The van der Waals surface area contributed by atoms with Gasteiger partial charge < -0.3 is 9.14 Å². The molecule has 0 aliphatic heterocycles. The first-order valence-electron chi connectivity index (χ1n) is 6.09. The Morgan fingerprint density at radius 3 is 2.78 bits per heavy atom. The van der Waals surface area contributed by atoms with E-state index in [2.05, 4.69) is 25.8 Å². The Labute approximate surface area is 107 Å². The van der Waals surface area contributed by atoms with Crippen molar-refractivity contribution >= 4 is 11.6 Å². The monoisotopic (exact) mass is 246 g/mol. The van der Waals surface area contributed by atoms with Crippen molar-refractivity contribution in [1.29, 1.82) is 0 Å². The summed E-state index contributed by atoms with van der Waals surface area (Å²) in [6.45, 7) is 8.45.